The zero-order valence-electron chi connectivity index (χ0n) is 18.5. The Morgan fingerprint density at radius 2 is 1.94 bits per heavy atom. The molecule has 8 nitrogen and oxygen atoms in total. The Morgan fingerprint density at radius 3 is 2.56 bits per heavy atom. The minimum atomic E-state index is -2.89. The van der Waals surface area contributed by atoms with E-state index < -0.39 is 30.3 Å². The van der Waals surface area contributed by atoms with Gasteiger partial charge in [0.2, 0.25) is 11.8 Å². The van der Waals surface area contributed by atoms with Crippen LogP contribution in [0.4, 0.5) is 8.78 Å². The number of halogens is 2. The van der Waals surface area contributed by atoms with Gasteiger partial charge in [-0.15, -0.1) is 0 Å². The average Bonchev–Trinajstić information content (AvgIpc) is 3.39. The Balaban J connectivity index is 1.49. The number of rotatable bonds is 5. The summed E-state index contributed by atoms with van der Waals surface area (Å²) < 4.78 is 29.1. The fraction of sp³-hybridized carbons (Fsp3) is 0.636. The van der Waals surface area contributed by atoms with E-state index in [4.69, 9.17) is 5.73 Å². The Hall–Kier alpha value is -2.62. The van der Waals surface area contributed by atoms with Gasteiger partial charge in [-0.3, -0.25) is 9.59 Å². The van der Waals surface area contributed by atoms with E-state index in [0.717, 1.165) is 41.9 Å². The second kappa shape index (κ2) is 8.73. The molecule has 2 fully saturated rings. The molecule has 2 amide bonds. The molecule has 0 aromatic carbocycles. The summed E-state index contributed by atoms with van der Waals surface area (Å²) in [6.45, 7) is -0.659. The minimum absolute atomic E-state index is 0.0307. The number of hydrogen-bond acceptors (Lipinski definition) is 5. The molecule has 1 saturated carbocycles. The number of carbonyl (C=O) groups excluding carboxylic acids is 2. The molecule has 2 aromatic heterocycles. The van der Waals surface area contributed by atoms with Crippen molar-refractivity contribution < 1.29 is 18.4 Å². The molecule has 1 unspecified atom stereocenters. The maximum atomic E-state index is 13.6. The van der Waals surface area contributed by atoms with Gasteiger partial charge in [0, 0.05) is 38.7 Å². The third kappa shape index (κ3) is 4.32. The lowest BCUT2D eigenvalue weighted by Crippen LogP contribution is -2.54. The zero-order valence-corrected chi connectivity index (χ0v) is 18.5. The molecule has 10 heteroatoms. The van der Waals surface area contributed by atoms with Crippen LogP contribution in [0.25, 0.3) is 5.65 Å². The van der Waals surface area contributed by atoms with E-state index in [0.29, 0.717) is 0 Å². The Morgan fingerprint density at radius 1 is 1.22 bits per heavy atom. The topological polar surface area (TPSA) is 96.8 Å². The van der Waals surface area contributed by atoms with Gasteiger partial charge in [-0.1, -0.05) is 6.07 Å². The summed E-state index contributed by atoms with van der Waals surface area (Å²) in [5.74, 6) is -4.23. The van der Waals surface area contributed by atoms with Crippen LogP contribution in [0.3, 0.4) is 0 Å². The summed E-state index contributed by atoms with van der Waals surface area (Å²) in [5.41, 5.74) is 8.17. The zero-order chi connectivity index (χ0) is 23.0. The summed E-state index contributed by atoms with van der Waals surface area (Å²) in [7, 11) is 3.27. The molecule has 3 heterocycles. The van der Waals surface area contributed by atoms with Gasteiger partial charge < -0.3 is 15.5 Å². The Labute approximate surface area is 185 Å². The smallest absolute Gasteiger partial charge is 0.267 e. The van der Waals surface area contributed by atoms with Crippen molar-refractivity contribution in [3.63, 3.8) is 0 Å². The second-order valence-corrected chi connectivity index (χ2v) is 9.24. The van der Waals surface area contributed by atoms with E-state index in [1.807, 2.05) is 22.7 Å². The summed E-state index contributed by atoms with van der Waals surface area (Å²) in [6.07, 6.45) is 4.25. The summed E-state index contributed by atoms with van der Waals surface area (Å²) in [5, 5.41) is 4.32. The van der Waals surface area contributed by atoms with E-state index in [1.165, 1.54) is 11.2 Å². The lowest BCUT2D eigenvalue weighted by atomic mass is 9.72. The molecule has 2 N–H and O–H groups in total. The van der Waals surface area contributed by atoms with Crippen LogP contribution < -0.4 is 5.73 Å². The van der Waals surface area contributed by atoms with Crippen LogP contribution in [0, 0.1) is 11.8 Å². The van der Waals surface area contributed by atoms with Crippen molar-refractivity contribution >= 4 is 17.5 Å². The molecule has 2 atom stereocenters. The molecule has 2 aromatic rings. The molecular weight excluding hydrogens is 418 g/mol. The maximum absolute atomic E-state index is 13.6. The Bertz CT molecular complexity index is 986. The van der Waals surface area contributed by atoms with Crippen molar-refractivity contribution in [2.24, 2.45) is 17.6 Å². The van der Waals surface area contributed by atoms with Crippen LogP contribution in [-0.4, -0.2) is 75.4 Å². The van der Waals surface area contributed by atoms with Crippen molar-refractivity contribution in [2.75, 3.05) is 27.2 Å². The lowest BCUT2D eigenvalue weighted by molar-refractivity contribution is -0.144. The molecule has 1 saturated heterocycles. The van der Waals surface area contributed by atoms with Crippen LogP contribution >= 0.6 is 0 Å². The number of nitrogens with two attached hydrogens (primary N) is 1. The third-order valence-corrected chi connectivity index (χ3v) is 6.91. The van der Waals surface area contributed by atoms with Gasteiger partial charge in [0.25, 0.3) is 5.92 Å². The monoisotopic (exact) mass is 448 g/mol. The van der Waals surface area contributed by atoms with Gasteiger partial charge in [0.15, 0.2) is 5.65 Å². The predicted molar refractivity (Wildman–Crippen MR) is 114 cm³/mol. The fourth-order valence-electron chi connectivity index (χ4n) is 5.18. The number of nitrogens with zero attached hydrogens (tertiary/aromatic N) is 5. The number of likely N-dealkylation sites (tertiary alicyclic amines) is 1. The molecule has 0 bridgehead atoms. The first-order valence-corrected chi connectivity index (χ1v) is 11.1. The Kier molecular flexibility index (Phi) is 6.15. The van der Waals surface area contributed by atoms with Crippen LogP contribution in [0.1, 0.15) is 43.7 Å². The van der Waals surface area contributed by atoms with Gasteiger partial charge in [0.1, 0.15) is 6.33 Å². The number of aromatic nitrogens is 3. The van der Waals surface area contributed by atoms with Gasteiger partial charge in [0.05, 0.1) is 18.5 Å². The van der Waals surface area contributed by atoms with Gasteiger partial charge in [-0.05, 0) is 43.7 Å². The van der Waals surface area contributed by atoms with Gasteiger partial charge in [-0.25, -0.2) is 18.3 Å². The highest BCUT2D eigenvalue weighted by Gasteiger charge is 2.46. The highest BCUT2D eigenvalue weighted by atomic mass is 19.3. The first-order valence-electron chi connectivity index (χ1n) is 11.1. The first-order chi connectivity index (χ1) is 15.2. The number of fused-ring (bicyclic) bond motifs is 1. The normalized spacial score (nSPS) is 25.0. The maximum Gasteiger partial charge on any atom is 0.267 e. The highest BCUT2D eigenvalue weighted by Crippen LogP contribution is 2.40. The number of pyridine rings is 1. The molecule has 1 aliphatic heterocycles. The molecule has 4 rings (SSSR count). The van der Waals surface area contributed by atoms with Gasteiger partial charge >= 0.3 is 0 Å². The summed E-state index contributed by atoms with van der Waals surface area (Å²) in [4.78, 5) is 32.7. The highest BCUT2D eigenvalue weighted by molar-refractivity contribution is 5.90. The first kappa shape index (κ1) is 22.6. The van der Waals surface area contributed by atoms with Crippen molar-refractivity contribution in [3.05, 3.63) is 30.2 Å². The summed E-state index contributed by atoms with van der Waals surface area (Å²) >= 11 is 0. The van der Waals surface area contributed by atoms with E-state index in [9.17, 15) is 18.4 Å². The van der Waals surface area contributed by atoms with Crippen molar-refractivity contribution in [1.29, 1.82) is 0 Å². The number of hydrogen-bond donors (Lipinski definition) is 1. The SMILES string of the molecule is CN(C)C(=O)[C@@H](C1CCC(c2cccc3ncnn23)CC1)C(N)C(=O)N1CCC(F)(F)C1. The van der Waals surface area contributed by atoms with E-state index >= 15 is 0 Å². The largest absolute Gasteiger partial charge is 0.349 e. The summed E-state index contributed by atoms with van der Waals surface area (Å²) in [6, 6.07) is 4.78. The minimum Gasteiger partial charge on any atom is -0.349 e. The third-order valence-electron chi connectivity index (χ3n) is 6.91. The average molecular weight is 449 g/mol. The molecule has 2 aliphatic rings. The molecule has 1 aliphatic carbocycles. The van der Waals surface area contributed by atoms with Gasteiger partial charge in [-0.2, -0.15) is 5.10 Å². The standard InChI is InChI=1S/C22H30F2N6O2/c1-28(2)20(31)18(19(25)21(32)29-11-10-22(23,24)12-29)15-8-6-14(7-9-15)16-4-3-5-17-26-13-27-30(16)17/h3-5,13-15,18-19H,6-12,25H2,1-2H3/t14?,15?,18-,19?/m0/s1. The number of alkyl halides is 2. The predicted octanol–water partition coefficient (Wildman–Crippen LogP) is 1.90. The number of amides is 2. The molecule has 32 heavy (non-hydrogen) atoms. The number of carbonyl (C=O) groups is 2. The van der Waals surface area contributed by atoms with E-state index in [-0.39, 0.29) is 30.7 Å². The molecular formula is C22H30F2N6O2. The van der Waals surface area contributed by atoms with Crippen molar-refractivity contribution in [1.82, 2.24) is 24.4 Å². The van der Waals surface area contributed by atoms with Crippen LogP contribution in [-0.2, 0) is 9.59 Å². The van der Waals surface area contributed by atoms with Crippen LogP contribution in [0.15, 0.2) is 24.5 Å². The quantitative estimate of drug-likeness (QED) is 0.754. The second-order valence-electron chi connectivity index (χ2n) is 9.24. The fourth-order valence-corrected chi connectivity index (χ4v) is 5.18. The van der Waals surface area contributed by atoms with Crippen LogP contribution in [0.2, 0.25) is 0 Å². The van der Waals surface area contributed by atoms with E-state index in [2.05, 4.69) is 10.1 Å². The molecule has 174 valence electrons. The van der Waals surface area contributed by atoms with E-state index in [1.54, 1.807) is 14.1 Å². The lowest BCUT2D eigenvalue weighted by Gasteiger charge is -2.37. The van der Waals surface area contributed by atoms with Crippen molar-refractivity contribution in [2.45, 2.75) is 50.0 Å². The molecule has 0 radical (unpaired) electrons. The molecule has 0 spiro atoms. The van der Waals surface area contributed by atoms with Crippen LogP contribution in [0.5, 0.6) is 0 Å². The van der Waals surface area contributed by atoms with Crippen molar-refractivity contribution in [3.8, 4) is 0 Å².